The van der Waals surface area contributed by atoms with Crippen LogP contribution in [0.15, 0.2) is 11.2 Å². The summed E-state index contributed by atoms with van der Waals surface area (Å²) in [5, 5.41) is 5.31. The summed E-state index contributed by atoms with van der Waals surface area (Å²) in [7, 11) is 0. The van der Waals surface area contributed by atoms with Gasteiger partial charge >= 0.3 is 0 Å². The molecule has 0 aliphatic heterocycles. The molecule has 0 saturated heterocycles. The largest absolute Gasteiger partial charge is 0.274 e. The number of anilines is 1. The average molecular weight is 320 g/mol. The standard InChI is InChI=1S/C9H7Cl5N2/c1-2-6(12)15-16-9-5(11)3-4(10)7(13)8(9)14/h3,16H,2H2,1H3. The van der Waals surface area contributed by atoms with Gasteiger partial charge in [-0.25, -0.2) is 0 Å². The van der Waals surface area contributed by atoms with Crippen LogP contribution in [0.4, 0.5) is 5.69 Å². The number of hydrogen-bond donors (Lipinski definition) is 1. The van der Waals surface area contributed by atoms with Gasteiger partial charge < -0.3 is 0 Å². The van der Waals surface area contributed by atoms with Crippen molar-refractivity contribution in [1.82, 2.24) is 0 Å². The summed E-state index contributed by atoms with van der Waals surface area (Å²) >= 11 is 29.3. The first kappa shape index (κ1) is 14.2. The zero-order valence-electron chi connectivity index (χ0n) is 8.12. The lowest BCUT2D eigenvalue weighted by Crippen LogP contribution is -1.95. The molecule has 1 aromatic rings. The van der Waals surface area contributed by atoms with E-state index in [1.165, 1.54) is 6.07 Å². The van der Waals surface area contributed by atoms with Gasteiger partial charge in [-0.3, -0.25) is 5.43 Å². The van der Waals surface area contributed by atoms with Crippen LogP contribution in [-0.4, -0.2) is 5.17 Å². The SMILES string of the molecule is CCC(Cl)=NNc1c(Cl)cc(Cl)c(Cl)c1Cl. The van der Waals surface area contributed by atoms with Gasteiger partial charge in [-0.05, 0) is 12.5 Å². The van der Waals surface area contributed by atoms with Crippen molar-refractivity contribution in [3.63, 3.8) is 0 Å². The van der Waals surface area contributed by atoms with Crippen LogP contribution in [0.3, 0.4) is 0 Å². The van der Waals surface area contributed by atoms with Gasteiger partial charge in [0, 0.05) is 0 Å². The molecule has 2 nitrogen and oxygen atoms in total. The Balaban J connectivity index is 3.10. The Morgan fingerprint density at radius 2 is 1.81 bits per heavy atom. The van der Waals surface area contributed by atoms with Crippen molar-refractivity contribution in [1.29, 1.82) is 0 Å². The number of halogens is 5. The molecule has 0 bridgehead atoms. The molecule has 0 aliphatic rings. The molecule has 1 rings (SSSR count). The van der Waals surface area contributed by atoms with E-state index in [2.05, 4.69) is 10.5 Å². The number of benzene rings is 1. The molecule has 0 saturated carbocycles. The summed E-state index contributed by atoms with van der Waals surface area (Å²) in [6.07, 6.45) is 0.602. The first-order chi connectivity index (χ1) is 7.47. The van der Waals surface area contributed by atoms with E-state index in [0.717, 1.165) is 0 Å². The van der Waals surface area contributed by atoms with Crippen LogP contribution in [0.5, 0.6) is 0 Å². The first-order valence-corrected chi connectivity index (χ1v) is 6.17. The molecule has 16 heavy (non-hydrogen) atoms. The zero-order chi connectivity index (χ0) is 12.3. The van der Waals surface area contributed by atoms with Gasteiger partial charge in [0.15, 0.2) is 0 Å². The van der Waals surface area contributed by atoms with Crippen molar-refractivity contribution >= 4 is 68.9 Å². The summed E-state index contributed by atoms with van der Waals surface area (Å²) in [5.41, 5.74) is 3.03. The summed E-state index contributed by atoms with van der Waals surface area (Å²) < 4.78 is 0. The van der Waals surface area contributed by atoms with Crippen LogP contribution in [0.1, 0.15) is 13.3 Å². The average Bonchev–Trinajstić information content (AvgIpc) is 2.25. The highest BCUT2D eigenvalue weighted by Gasteiger charge is 2.13. The maximum atomic E-state index is 5.95. The van der Waals surface area contributed by atoms with Crippen LogP contribution >= 0.6 is 58.0 Å². The van der Waals surface area contributed by atoms with Gasteiger partial charge in [-0.15, -0.1) is 0 Å². The monoisotopic (exact) mass is 318 g/mol. The van der Waals surface area contributed by atoms with Crippen LogP contribution in [0, 0.1) is 0 Å². The molecule has 7 heteroatoms. The van der Waals surface area contributed by atoms with E-state index in [1.807, 2.05) is 6.92 Å². The van der Waals surface area contributed by atoms with Crippen molar-refractivity contribution in [2.45, 2.75) is 13.3 Å². The molecule has 1 aromatic carbocycles. The highest BCUT2D eigenvalue weighted by Crippen LogP contribution is 2.40. The molecular weight excluding hydrogens is 313 g/mol. The second-order valence-electron chi connectivity index (χ2n) is 2.80. The van der Waals surface area contributed by atoms with Crippen molar-refractivity contribution in [3.05, 3.63) is 26.2 Å². The fraction of sp³-hybridized carbons (Fsp3) is 0.222. The molecule has 88 valence electrons. The van der Waals surface area contributed by atoms with Gasteiger partial charge in [0.05, 0.1) is 25.8 Å². The van der Waals surface area contributed by atoms with Crippen LogP contribution in [-0.2, 0) is 0 Å². The second kappa shape index (κ2) is 6.18. The fourth-order valence-electron chi connectivity index (χ4n) is 0.864. The number of rotatable bonds is 3. The van der Waals surface area contributed by atoms with Gasteiger partial charge in [-0.2, -0.15) is 5.10 Å². The zero-order valence-corrected chi connectivity index (χ0v) is 11.9. The molecule has 0 aliphatic carbocycles. The molecule has 0 aromatic heterocycles. The van der Waals surface area contributed by atoms with E-state index in [4.69, 9.17) is 58.0 Å². The van der Waals surface area contributed by atoms with E-state index in [1.54, 1.807) is 0 Å². The summed E-state index contributed by atoms with van der Waals surface area (Å²) in [6.45, 7) is 1.87. The summed E-state index contributed by atoms with van der Waals surface area (Å²) in [4.78, 5) is 0. The van der Waals surface area contributed by atoms with Gasteiger partial charge in [-0.1, -0.05) is 64.9 Å². The maximum Gasteiger partial charge on any atom is 0.126 e. The lowest BCUT2D eigenvalue weighted by Gasteiger charge is -2.09. The minimum Gasteiger partial charge on any atom is -0.274 e. The predicted molar refractivity (Wildman–Crippen MR) is 73.7 cm³/mol. The van der Waals surface area contributed by atoms with Crippen molar-refractivity contribution in [2.75, 3.05) is 5.43 Å². The minimum atomic E-state index is 0.212. The molecule has 0 unspecified atom stereocenters. The molecule has 0 amide bonds. The lowest BCUT2D eigenvalue weighted by atomic mass is 10.3. The van der Waals surface area contributed by atoms with Gasteiger partial charge in [0.2, 0.25) is 0 Å². The van der Waals surface area contributed by atoms with Crippen LogP contribution < -0.4 is 5.43 Å². The fourth-order valence-corrected chi connectivity index (χ4v) is 1.90. The smallest absolute Gasteiger partial charge is 0.126 e. The number of nitrogens with one attached hydrogen (secondary N) is 1. The van der Waals surface area contributed by atoms with Crippen LogP contribution in [0.25, 0.3) is 0 Å². The Morgan fingerprint density at radius 3 is 2.38 bits per heavy atom. The Labute approximate surface area is 118 Å². The lowest BCUT2D eigenvalue weighted by molar-refractivity contribution is 1.25. The van der Waals surface area contributed by atoms with Gasteiger partial charge in [0.25, 0.3) is 0 Å². The third-order valence-electron chi connectivity index (χ3n) is 1.69. The number of nitrogens with zero attached hydrogens (tertiary/aromatic N) is 1. The number of hydrogen-bond acceptors (Lipinski definition) is 2. The van der Waals surface area contributed by atoms with Crippen molar-refractivity contribution in [2.24, 2.45) is 5.10 Å². The van der Waals surface area contributed by atoms with E-state index in [9.17, 15) is 0 Å². The predicted octanol–water partition coefficient (Wildman–Crippen LogP) is 5.67. The van der Waals surface area contributed by atoms with Crippen molar-refractivity contribution in [3.8, 4) is 0 Å². The molecule has 1 N–H and O–H groups in total. The molecule has 0 heterocycles. The van der Waals surface area contributed by atoms with Crippen LogP contribution in [0.2, 0.25) is 20.1 Å². The molecule has 0 atom stereocenters. The first-order valence-electron chi connectivity index (χ1n) is 4.28. The summed E-state index contributed by atoms with van der Waals surface area (Å²) in [5.74, 6) is 0. The second-order valence-corrected chi connectivity index (χ2v) is 4.80. The maximum absolute atomic E-state index is 5.95. The van der Waals surface area contributed by atoms with E-state index in [-0.39, 0.29) is 15.1 Å². The normalized spacial score (nSPS) is 11.8. The Kier molecular flexibility index (Phi) is 5.48. The molecular formula is C9H7Cl5N2. The quantitative estimate of drug-likeness (QED) is 0.330. The Hall–Kier alpha value is 0.140. The third-order valence-corrected chi connectivity index (χ3v) is 3.61. The highest BCUT2D eigenvalue weighted by atomic mass is 35.5. The van der Waals surface area contributed by atoms with E-state index < -0.39 is 0 Å². The molecule has 0 fully saturated rings. The Bertz CT molecular complexity index is 430. The third kappa shape index (κ3) is 3.31. The van der Waals surface area contributed by atoms with Gasteiger partial charge in [0.1, 0.15) is 5.17 Å². The minimum absolute atomic E-state index is 0.212. The van der Waals surface area contributed by atoms with Crippen molar-refractivity contribution < 1.29 is 0 Å². The Morgan fingerprint density at radius 1 is 1.19 bits per heavy atom. The van der Waals surface area contributed by atoms with E-state index in [0.29, 0.717) is 22.3 Å². The molecule has 0 radical (unpaired) electrons. The summed E-state index contributed by atoms with van der Waals surface area (Å²) in [6, 6.07) is 1.48. The van der Waals surface area contributed by atoms with E-state index >= 15 is 0 Å². The molecule has 0 spiro atoms. The topological polar surface area (TPSA) is 24.4 Å². The number of hydrazone groups is 1. The highest BCUT2D eigenvalue weighted by molar-refractivity contribution is 6.65.